The number of benzene rings is 3. The molecule has 9 heteroatoms. The first-order chi connectivity index (χ1) is 15.4. The smallest absolute Gasteiger partial charge is 0.262 e. The van der Waals surface area contributed by atoms with Crippen molar-refractivity contribution in [1.82, 2.24) is 15.0 Å². The summed E-state index contributed by atoms with van der Waals surface area (Å²) in [5.41, 5.74) is 3.50. The molecule has 1 aromatic heterocycles. The highest BCUT2D eigenvalue weighted by molar-refractivity contribution is 6.35. The molecule has 7 nitrogen and oxygen atoms in total. The minimum absolute atomic E-state index is 0.195. The molecule has 4 aromatic rings. The molecule has 0 saturated heterocycles. The Bertz CT molecular complexity index is 1250. The predicted octanol–water partition coefficient (Wildman–Crippen LogP) is 5.45. The van der Waals surface area contributed by atoms with Gasteiger partial charge < -0.3 is 14.8 Å². The second-order valence-electron chi connectivity index (χ2n) is 6.99. The molecule has 4 rings (SSSR count). The van der Waals surface area contributed by atoms with Crippen LogP contribution in [-0.4, -0.2) is 34.1 Å². The van der Waals surface area contributed by atoms with Gasteiger partial charge in [-0.25, -0.2) is 0 Å². The molecule has 0 fully saturated rings. The monoisotopic (exact) mass is 470 g/mol. The number of hydrogen-bond donors (Lipinski definition) is 1. The van der Waals surface area contributed by atoms with Gasteiger partial charge in [0.1, 0.15) is 22.5 Å². The normalized spacial score (nSPS) is 10.9. The number of halogens is 2. The summed E-state index contributed by atoms with van der Waals surface area (Å²) in [7, 11) is 0. The summed E-state index contributed by atoms with van der Waals surface area (Å²) in [6.07, 6.45) is 0. The van der Waals surface area contributed by atoms with E-state index in [0.717, 1.165) is 17.0 Å². The second-order valence-corrected chi connectivity index (χ2v) is 7.83. The molecule has 164 valence electrons. The number of aryl methyl sites for hydroxylation is 1. The second kappa shape index (κ2) is 9.46. The van der Waals surface area contributed by atoms with Gasteiger partial charge in [-0.1, -0.05) is 23.2 Å². The van der Waals surface area contributed by atoms with Crippen molar-refractivity contribution in [1.29, 1.82) is 0 Å². The highest BCUT2D eigenvalue weighted by atomic mass is 35.5. The molecule has 1 N–H and O–H groups in total. The number of nitrogens with one attached hydrogen (secondary N) is 1. The number of carbonyl (C=O) groups excluding carboxylic acids is 1. The zero-order chi connectivity index (χ0) is 22.7. The van der Waals surface area contributed by atoms with Crippen molar-refractivity contribution >= 4 is 45.8 Å². The molecule has 0 aliphatic heterocycles. The first-order valence-corrected chi connectivity index (χ1v) is 10.7. The fourth-order valence-corrected chi connectivity index (χ4v) is 3.81. The molecular formula is C23H20Cl2N4O3. The summed E-state index contributed by atoms with van der Waals surface area (Å²) in [5.74, 6) is 0.892. The minimum Gasteiger partial charge on any atom is -0.494 e. The standard InChI is InChI=1S/C23H20Cl2N4O3/c1-3-31-18-7-5-17(6-8-18)29-27-20-9-4-16(12-21(20)28-29)26-22(30)13-32-23-14(2)10-15(24)11-19(23)25/h4-12H,3,13H2,1-2H3,(H,26,30). The van der Waals surface area contributed by atoms with E-state index in [1.54, 1.807) is 35.1 Å². The van der Waals surface area contributed by atoms with Gasteiger partial charge in [0, 0.05) is 10.7 Å². The highest BCUT2D eigenvalue weighted by Gasteiger charge is 2.12. The van der Waals surface area contributed by atoms with Gasteiger partial charge >= 0.3 is 0 Å². The Morgan fingerprint density at radius 1 is 1.00 bits per heavy atom. The van der Waals surface area contributed by atoms with Crippen LogP contribution in [0.4, 0.5) is 5.69 Å². The Hall–Kier alpha value is -3.29. The lowest BCUT2D eigenvalue weighted by atomic mass is 10.2. The van der Waals surface area contributed by atoms with Crippen molar-refractivity contribution in [2.45, 2.75) is 13.8 Å². The molecule has 1 heterocycles. The number of carbonyl (C=O) groups is 1. The summed E-state index contributed by atoms with van der Waals surface area (Å²) in [4.78, 5) is 13.9. The fourth-order valence-electron chi connectivity index (χ4n) is 3.16. The number of amides is 1. The lowest BCUT2D eigenvalue weighted by Gasteiger charge is -2.11. The topological polar surface area (TPSA) is 78.3 Å². The largest absolute Gasteiger partial charge is 0.494 e. The summed E-state index contributed by atoms with van der Waals surface area (Å²) >= 11 is 12.1. The number of hydrogen-bond acceptors (Lipinski definition) is 5. The molecule has 0 unspecified atom stereocenters. The Morgan fingerprint density at radius 3 is 2.47 bits per heavy atom. The number of nitrogens with zero attached hydrogens (tertiary/aromatic N) is 3. The Morgan fingerprint density at radius 2 is 1.75 bits per heavy atom. The Balaban J connectivity index is 1.44. The van der Waals surface area contributed by atoms with Gasteiger partial charge in [0.25, 0.3) is 5.91 Å². The number of rotatable bonds is 7. The molecule has 0 atom stereocenters. The van der Waals surface area contributed by atoms with Gasteiger partial charge in [0.05, 0.1) is 17.3 Å². The van der Waals surface area contributed by atoms with Crippen molar-refractivity contribution in [3.8, 4) is 17.2 Å². The van der Waals surface area contributed by atoms with E-state index in [-0.39, 0.29) is 12.5 Å². The molecular weight excluding hydrogens is 451 g/mol. The number of aromatic nitrogens is 3. The molecule has 0 aliphatic rings. The maximum Gasteiger partial charge on any atom is 0.262 e. The SMILES string of the molecule is CCOc1ccc(-n2nc3ccc(NC(=O)COc4c(C)cc(Cl)cc4Cl)cc3n2)cc1. The maximum atomic E-state index is 12.4. The van der Waals surface area contributed by atoms with E-state index in [1.807, 2.05) is 38.1 Å². The van der Waals surface area contributed by atoms with E-state index in [9.17, 15) is 4.79 Å². The predicted molar refractivity (Wildman–Crippen MR) is 125 cm³/mol. The zero-order valence-electron chi connectivity index (χ0n) is 17.4. The van der Waals surface area contributed by atoms with Crippen LogP contribution < -0.4 is 14.8 Å². The quantitative estimate of drug-likeness (QED) is 0.388. The van der Waals surface area contributed by atoms with Crippen LogP contribution in [0, 0.1) is 6.92 Å². The van der Waals surface area contributed by atoms with Crippen LogP contribution in [0.25, 0.3) is 16.7 Å². The van der Waals surface area contributed by atoms with Gasteiger partial charge in [0.15, 0.2) is 6.61 Å². The van der Waals surface area contributed by atoms with Crippen LogP contribution >= 0.6 is 23.2 Å². The van der Waals surface area contributed by atoms with E-state index in [0.29, 0.717) is 39.1 Å². The third-order valence-electron chi connectivity index (χ3n) is 4.58. The van der Waals surface area contributed by atoms with Gasteiger partial charge in [0.2, 0.25) is 0 Å². The highest BCUT2D eigenvalue weighted by Crippen LogP contribution is 2.31. The molecule has 3 aromatic carbocycles. The third kappa shape index (κ3) is 4.95. The van der Waals surface area contributed by atoms with Crippen molar-refractivity contribution in [2.75, 3.05) is 18.5 Å². The zero-order valence-corrected chi connectivity index (χ0v) is 18.9. The van der Waals surface area contributed by atoms with Gasteiger partial charge in [-0.3, -0.25) is 4.79 Å². The first kappa shape index (κ1) is 21.9. The number of ether oxygens (including phenoxy) is 2. The lowest BCUT2D eigenvalue weighted by molar-refractivity contribution is -0.118. The van der Waals surface area contributed by atoms with Crippen molar-refractivity contribution < 1.29 is 14.3 Å². The van der Waals surface area contributed by atoms with E-state index in [4.69, 9.17) is 32.7 Å². The van der Waals surface area contributed by atoms with Crippen LogP contribution in [-0.2, 0) is 4.79 Å². The third-order valence-corrected chi connectivity index (χ3v) is 5.08. The summed E-state index contributed by atoms with van der Waals surface area (Å²) in [5, 5.41) is 12.7. The Labute approximate surface area is 194 Å². The molecule has 32 heavy (non-hydrogen) atoms. The Kier molecular flexibility index (Phi) is 6.48. The van der Waals surface area contributed by atoms with E-state index < -0.39 is 0 Å². The molecule has 0 aliphatic carbocycles. The molecule has 0 bridgehead atoms. The summed E-state index contributed by atoms with van der Waals surface area (Å²) in [6.45, 7) is 4.16. The van der Waals surface area contributed by atoms with Crippen LogP contribution in [0.5, 0.6) is 11.5 Å². The number of anilines is 1. The van der Waals surface area contributed by atoms with Crippen molar-refractivity contribution in [2.24, 2.45) is 0 Å². The van der Waals surface area contributed by atoms with Crippen molar-refractivity contribution in [3.05, 3.63) is 70.2 Å². The molecule has 1 amide bonds. The molecule has 0 radical (unpaired) electrons. The van der Waals surface area contributed by atoms with Gasteiger partial charge in [-0.05, 0) is 74.0 Å². The summed E-state index contributed by atoms with van der Waals surface area (Å²) in [6, 6.07) is 16.1. The van der Waals surface area contributed by atoms with Gasteiger partial charge in [-0.15, -0.1) is 10.2 Å². The average Bonchev–Trinajstić information content (AvgIpc) is 3.17. The van der Waals surface area contributed by atoms with Crippen molar-refractivity contribution in [3.63, 3.8) is 0 Å². The van der Waals surface area contributed by atoms with Crippen LogP contribution in [0.3, 0.4) is 0 Å². The van der Waals surface area contributed by atoms with Crippen LogP contribution in [0.1, 0.15) is 12.5 Å². The van der Waals surface area contributed by atoms with E-state index >= 15 is 0 Å². The minimum atomic E-state index is -0.325. The fraction of sp³-hybridized carbons (Fsp3) is 0.174. The average molecular weight is 471 g/mol. The van der Waals surface area contributed by atoms with Crippen LogP contribution in [0.2, 0.25) is 10.0 Å². The van der Waals surface area contributed by atoms with E-state index in [1.165, 1.54) is 0 Å². The summed E-state index contributed by atoms with van der Waals surface area (Å²) < 4.78 is 11.0. The molecule has 0 saturated carbocycles. The molecule has 0 spiro atoms. The van der Waals surface area contributed by atoms with Crippen LogP contribution in [0.15, 0.2) is 54.6 Å². The number of fused-ring (bicyclic) bond motifs is 1. The lowest BCUT2D eigenvalue weighted by Crippen LogP contribution is -2.20. The first-order valence-electron chi connectivity index (χ1n) is 9.91. The van der Waals surface area contributed by atoms with Gasteiger partial charge in [-0.2, -0.15) is 4.80 Å². The van der Waals surface area contributed by atoms with E-state index in [2.05, 4.69) is 15.5 Å². The maximum absolute atomic E-state index is 12.4.